The summed E-state index contributed by atoms with van der Waals surface area (Å²) in [6.45, 7) is 7.07. The summed E-state index contributed by atoms with van der Waals surface area (Å²) in [5.41, 5.74) is 7.07. The number of amides is 2. The minimum Gasteiger partial charge on any atom is -0.378 e. The van der Waals surface area contributed by atoms with Crippen molar-refractivity contribution in [3.8, 4) is 0 Å². The zero-order valence-electron chi connectivity index (χ0n) is 18.9. The lowest BCUT2D eigenvalue weighted by Gasteiger charge is -2.24. The molecule has 162 valence electrons. The van der Waals surface area contributed by atoms with Crippen molar-refractivity contribution in [2.45, 2.75) is 6.92 Å². The van der Waals surface area contributed by atoms with Crippen molar-refractivity contribution in [2.75, 3.05) is 37.5 Å². The maximum Gasteiger partial charge on any atom is 0.261 e. The number of carbonyl (C=O) groups is 2. The summed E-state index contributed by atoms with van der Waals surface area (Å²) >= 11 is 0. The largest absolute Gasteiger partial charge is 0.378 e. The van der Waals surface area contributed by atoms with Crippen LogP contribution in [0.5, 0.6) is 0 Å². The Labute approximate surface area is 189 Å². The number of fused-ring (bicyclic) bond motifs is 1. The van der Waals surface area contributed by atoms with E-state index in [0.717, 1.165) is 45.2 Å². The van der Waals surface area contributed by atoms with Crippen LogP contribution >= 0.6 is 0 Å². The fraction of sp³-hybridized carbons (Fsp3) is 0.185. The molecule has 5 heteroatoms. The number of rotatable bonds is 6. The van der Waals surface area contributed by atoms with E-state index >= 15 is 0 Å². The van der Waals surface area contributed by atoms with Crippen LogP contribution in [0.3, 0.4) is 0 Å². The van der Waals surface area contributed by atoms with E-state index in [1.54, 1.807) is 6.07 Å². The molecule has 4 rings (SSSR count). The van der Waals surface area contributed by atoms with Crippen molar-refractivity contribution < 1.29 is 9.59 Å². The van der Waals surface area contributed by atoms with E-state index < -0.39 is 0 Å². The second-order valence-electron chi connectivity index (χ2n) is 8.11. The molecule has 0 radical (unpaired) electrons. The molecular weight excluding hydrogens is 398 g/mol. The van der Waals surface area contributed by atoms with Crippen molar-refractivity contribution >= 4 is 34.4 Å². The van der Waals surface area contributed by atoms with E-state index in [4.69, 9.17) is 0 Å². The highest BCUT2D eigenvalue weighted by atomic mass is 16.2. The first-order valence-electron chi connectivity index (χ1n) is 10.6. The summed E-state index contributed by atoms with van der Waals surface area (Å²) in [4.78, 5) is 29.9. The number of imide groups is 1. The van der Waals surface area contributed by atoms with Gasteiger partial charge in [-0.15, -0.1) is 0 Å². The fourth-order valence-electron chi connectivity index (χ4n) is 4.00. The molecule has 32 heavy (non-hydrogen) atoms. The van der Waals surface area contributed by atoms with Gasteiger partial charge in [0.25, 0.3) is 11.8 Å². The van der Waals surface area contributed by atoms with Gasteiger partial charge in [-0.1, -0.05) is 30.8 Å². The predicted octanol–water partition coefficient (Wildman–Crippen LogP) is 5.20. The quantitative estimate of drug-likeness (QED) is 0.509. The molecule has 0 fully saturated rings. The molecule has 0 saturated heterocycles. The van der Waals surface area contributed by atoms with Gasteiger partial charge in [0.1, 0.15) is 0 Å². The Hall–Kier alpha value is -3.86. The normalized spacial score (nSPS) is 12.7. The highest BCUT2D eigenvalue weighted by molar-refractivity contribution is 6.21. The first-order chi connectivity index (χ1) is 15.3. The monoisotopic (exact) mass is 425 g/mol. The topological polar surface area (TPSA) is 43.9 Å². The van der Waals surface area contributed by atoms with E-state index in [1.165, 1.54) is 7.05 Å². The van der Waals surface area contributed by atoms with Crippen LogP contribution in [0.15, 0.2) is 73.3 Å². The van der Waals surface area contributed by atoms with Crippen molar-refractivity contribution in [1.82, 2.24) is 4.90 Å². The van der Waals surface area contributed by atoms with Crippen LogP contribution in [-0.2, 0) is 0 Å². The smallest absolute Gasteiger partial charge is 0.261 e. The summed E-state index contributed by atoms with van der Waals surface area (Å²) < 4.78 is 0. The van der Waals surface area contributed by atoms with Crippen LogP contribution in [0.2, 0.25) is 0 Å². The number of nitrogens with zero attached hydrogens (tertiary/aromatic N) is 3. The third-order valence-electron chi connectivity index (χ3n) is 5.96. The third-order valence-corrected chi connectivity index (χ3v) is 5.96. The highest BCUT2D eigenvalue weighted by Gasteiger charge is 2.33. The van der Waals surface area contributed by atoms with Crippen LogP contribution in [0.4, 0.5) is 17.1 Å². The number of hydrogen-bond acceptors (Lipinski definition) is 4. The van der Waals surface area contributed by atoms with Gasteiger partial charge < -0.3 is 9.80 Å². The first-order valence-corrected chi connectivity index (χ1v) is 10.6. The lowest BCUT2D eigenvalue weighted by Crippen LogP contribution is -2.24. The standard InChI is InChI=1S/C27H27N3O2/c1-6-30(23-15-16-24-25(17-23)27(32)29(5)26(24)31)22-13-9-20(10-14-22)18(2)19-7-11-21(12-8-19)28(3)4/h7-17H,2,6H2,1,3-5H3. The lowest BCUT2D eigenvalue weighted by molar-refractivity contribution is 0.0693. The summed E-state index contributed by atoms with van der Waals surface area (Å²) in [6.07, 6.45) is 0. The van der Waals surface area contributed by atoms with Gasteiger partial charge in [0, 0.05) is 44.7 Å². The van der Waals surface area contributed by atoms with Crippen LogP contribution in [0, 0.1) is 0 Å². The minimum atomic E-state index is -0.255. The number of hydrogen-bond donors (Lipinski definition) is 0. The summed E-state index contributed by atoms with van der Waals surface area (Å²) in [7, 11) is 5.56. The Bertz CT molecular complexity index is 1190. The van der Waals surface area contributed by atoms with Crippen molar-refractivity contribution in [3.05, 3.63) is 95.6 Å². The van der Waals surface area contributed by atoms with Crippen LogP contribution in [0.25, 0.3) is 5.57 Å². The third kappa shape index (κ3) is 3.66. The average molecular weight is 426 g/mol. The zero-order valence-corrected chi connectivity index (χ0v) is 18.9. The molecule has 1 aliphatic heterocycles. The first kappa shape index (κ1) is 21.4. The Morgan fingerprint density at radius 3 is 1.81 bits per heavy atom. The van der Waals surface area contributed by atoms with Crippen molar-refractivity contribution in [2.24, 2.45) is 0 Å². The zero-order chi connectivity index (χ0) is 23.0. The second kappa shape index (κ2) is 8.35. The predicted molar refractivity (Wildman–Crippen MR) is 131 cm³/mol. The molecule has 0 bridgehead atoms. The summed E-state index contributed by atoms with van der Waals surface area (Å²) in [5, 5.41) is 0. The van der Waals surface area contributed by atoms with Gasteiger partial charge in [-0.25, -0.2) is 0 Å². The Balaban J connectivity index is 1.58. The van der Waals surface area contributed by atoms with Gasteiger partial charge in [0.15, 0.2) is 0 Å². The van der Waals surface area contributed by atoms with Gasteiger partial charge in [-0.3, -0.25) is 14.5 Å². The van der Waals surface area contributed by atoms with Crippen LogP contribution in [-0.4, -0.2) is 44.4 Å². The molecule has 0 atom stereocenters. The van der Waals surface area contributed by atoms with Gasteiger partial charge in [-0.2, -0.15) is 0 Å². The summed E-state index contributed by atoms with van der Waals surface area (Å²) in [5.74, 6) is -0.504. The number of anilines is 3. The molecule has 0 aromatic heterocycles. The van der Waals surface area contributed by atoms with Crippen LogP contribution < -0.4 is 9.80 Å². The number of benzene rings is 3. The lowest BCUT2D eigenvalue weighted by atomic mass is 9.99. The Morgan fingerprint density at radius 1 is 0.781 bits per heavy atom. The van der Waals surface area contributed by atoms with E-state index in [-0.39, 0.29) is 11.8 Å². The molecule has 1 aliphatic rings. The van der Waals surface area contributed by atoms with Gasteiger partial charge in [0.2, 0.25) is 0 Å². The molecule has 0 aliphatic carbocycles. The van der Waals surface area contributed by atoms with Gasteiger partial charge in [-0.05, 0) is 66.1 Å². The van der Waals surface area contributed by atoms with E-state index in [9.17, 15) is 9.59 Å². The molecule has 5 nitrogen and oxygen atoms in total. The second-order valence-corrected chi connectivity index (χ2v) is 8.11. The van der Waals surface area contributed by atoms with Gasteiger partial charge >= 0.3 is 0 Å². The fourth-order valence-corrected chi connectivity index (χ4v) is 4.00. The Morgan fingerprint density at radius 2 is 1.28 bits per heavy atom. The molecule has 0 unspecified atom stereocenters. The maximum absolute atomic E-state index is 12.4. The average Bonchev–Trinajstić information content (AvgIpc) is 3.03. The highest BCUT2D eigenvalue weighted by Crippen LogP contribution is 2.32. The maximum atomic E-state index is 12.4. The number of carbonyl (C=O) groups excluding carboxylic acids is 2. The van der Waals surface area contributed by atoms with Crippen LogP contribution in [0.1, 0.15) is 38.8 Å². The SMILES string of the molecule is C=C(c1ccc(N(C)C)cc1)c1ccc(N(CC)c2ccc3c(c2)C(=O)N(C)C3=O)cc1. The van der Waals surface area contributed by atoms with Crippen molar-refractivity contribution in [3.63, 3.8) is 0 Å². The molecule has 2 amide bonds. The summed E-state index contributed by atoms with van der Waals surface area (Å²) in [6, 6.07) is 22.0. The minimum absolute atomic E-state index is 0.249. The molecule has 3 aromatic carbocycles. The van der Waals surface area contributed by atoms with Crippen molar-refractivity contribution in [1.29, 1.82) is 0 Å². The van der Waals surface area contributed by atoms with E-state index in [0.29, 0.717) is 11.1 Å². The molecule has 0 spiro atoms. The van der Waals surface area contributed by atoms with E-state index in [1.807, 2.05) is 26.2 Å². The molecule has 1 heterocycles. The van der Waals surface area contributed by atoms with E-state index in [2.05, 4.69) is 71.8 Å². The molecule has 3 aromatic rings. The molecule has 0 N–H and O–H groups in total. The molecule has 0 saturated carbocycles. The molecular formula is C27H27N3O2. The Kier molecular flexibility index (Phi) is 5.57. The van der Waals surface area contributed by atoms with Gasteiger partial charge in [0.05, 0.1) is 11.1 Å².